The highest BCUT2D eigenvalue weighted by Gasteiger charge is 2.32. The molecule has 1 aromatic carbocycles. The van der Waals surface area contributed by atoms with Crippen LogP contribution in [0.1, 0.15) is 39.0 Å². The van der Waals surface area contributed by atoms with Gasteiger partial charge in [-0.25, -0.2) is 0 Å². The Hall–Kier alpha value is -2.22. The summed E-state index contributed by atoms with van der Waals surface area (Å²) in [4.78, 5) is 28.8. The molecule has 0 aliphatic carbocycles. The lowest BCUT2D eigenvalue weighted by atomic mass is 9.98. The highest BCUT2D eigenvalue weighted by molar-refractivity contribution is 5.95. The standard InChI is InChI=1S/C20H27F2N3O3/c1-14(19(27)23-16-6-2-3-7-17(16)28-20(21)22)24-12-9-15(10-13-24)25-11-5-4-8-18(25)26/h2-3,6-7,14-15,20H,4-5,8-13H2,1H3,(H,23,27). The lowest BCUT2D eigenvalue weighted by molar-refractivity contribution is -0.137. The van der Waals surface area contributed by atoms with Crippen molar-refractivity contribution in [1.82, 2.24) is 9.80 Å². The number of carbonyl (C=O) groups excluding carboxylic acids is 2. The number of amides is 2. The van der Waals surface area contributed by atoms with E-state index in [1.807, 2.05) is 4.90 Å². The first kappa shape index (κ1) is 20.5. The van der Waals surface area contributed by atoms with E-state index in [9.17, 15) is 18.4 Å². The van der Waals surface area contributed by atoms with E-state index in [0.717, 1.165) is 45.3 Å². The molecule has 2 fully saturated rings. The zero-order chi connectivity index (χ0) is 20.1. The van der Waals surface area contributed by atoms with Crippen LogP contribution in [0.5, 0.6) is 5.75 Å². The Morgan fingerprint density at radius 1 is 1.18 bits per heavy atom. The molecule has 154 valence electrons. The van der Waals surface area contributed by atoms with Gasteiger partial charge in [0.25, 0.3) is 0 Å². The van der Waals surface area contributed by atoms with Gasteiger partial charge in [0, 0.05) is 32.1 Å². The number of hydrogen-bond acceptors (Lipinski definition) is 4. The molecule has 2 heterocycles. The number of para-hydroxylation sites is 2. The average molecular weight is 395 g/mol. The van der Waals surface area contributed by atoms with Gasteiger partial charge in [-0.2, -0.15) is 8.78 Å². The summed E-state index contributed by atoms with van der Waals surface area (Å²) in [5, 5.41) is 2.69. The van der Waals surface area contributed by atoms with E-state index in [0.29, 0.717) is 6.42 Å². The molecule has 1 N–H and O–H groups in total. The maximum Gasteiger partial charge on any atom is 0.387 e. The van der Waals surface area contributed by atoms with Gasteiger partial charge < -0.3 is 15.0 Å². The smallest absolute Gasteiger partial charge is 0.387 e. The molecule has 0 spiro atoms. The lowest BCUT2D eigenvalue weighted by Gasteiger charge is -2.41. The molecule has 1 unspecified atom stereocenters. The van der Waals surface area contributed by atoms with Crippen molar-refractivity contribution in [2.45, 2.75) is 57.7 Å². The summed E-state index contributed by atoms with van der Waals surface area (Å²) in [6.07, 6.45) is 4.36. The third kappa shape index (κ3) is 4.98. The van der Waals surface area contributed by atoms with Crippen LogP contribution in [-0.4, -0.2) is 59.9 Å². The van der Waals surface area contributed by atoms with Crippen molar-refractivity contribution in [3.8, 4) is 5.75 Å². The van der Waals surface area contributed by atoms with Gasteiger partial charge in [0.05, 0.1) is 11.7 Å². The topological polar surface area (TPSA) is 61.9 Å². The van der Waals surface area contributed by atoms with E-state index in [4.69, 9.17) is 0 Å². The van der Waals surface area contributed by atoms with Crippen molar-refractivity contribution in [2.24, 2.45) is 0 Å². The van der Waals surface area contributed by atoms with Crippen molar-refractivity contribution >= 4 is 17.5 Å². The van der Waals surface area contributed by atoms with E-state index in [1.54, 1.807) is 19.1 Å². The van der Waals surface area contributed by atoms with Gasteiger partial charge in [-0.15, -0.1) is 0 Å². The lowest BCUT2D eigenvalue weighted by Crippen LogP contribution is -2.52. The monoisotopic (exact) mass is 395 g/mol. The molecule has 2 aliphatic heterocycles. The van der Waals surface area contributed by atoms with E-state index in [-0.39, 0.29) is 29.3 Å². The number of ether oxygens (including phenoxy) is 1. The number of piperidine rings is 2. The average Bonchev–Trinajstić information content (AvgIpc) is 2.69. The number of nitrogens with one attached hydrogen (secondary N) is 1. The Morgan fingerprint density at radius 3 is 2.57 bits per heavy atom. The first-order valence-electron chi connectivity index (χ1n) is 9.84. The Labute approximate surface area is 163 Å². The molecular weight excluding hydrogens is 368 g/mol. The molecule has 0 aromatic heterocycles. The van der Waals surface area contributed by atoms with Crippen molar-refractivity contribution in [3.05, 3.63) is 24.3 Å². The van der Waals surface area contributed by atoms with Gasteiger partial charge in [-0.3, -0.25) is 14.5 Å². The molecule has 28 heavy (non-hydrogen) atoms. The highest BCUT2D eigenvalue weighted by Crippen LogP contribution is 2.27. The molecule has 2 saturated heterocycles. The summed E-state index contributed by atoms with van der Waals surface area (Å²) < 4.78 is 29.5. The Bertz CT molecular complexity index is 693. The second-order valence-electron chi connectivity index (χ2n) is 7.35. The summed E-state index contributed by atoms with van der Waals surface area (Å²) in [5.74, 6) is -0.0793. The van der Waals surface area contributed by atoms with Crippen molar-refractivity contribution in [3.63, 3.8) is 0 Å². The third-order valence-electron chi connectivity index (χ3n) is 5.59. The molecule has 2 amide bonds. The van der Waals surface area contributed by atoms with Crippen LogP contribution >= 0.6 is 0 Å². The number of rotatable bonds is 6. The van der Waals surface area contributed by atoms with E-state index in [2.05, 4.69) is 15.0 Å². The van der Waals surface area contributed by atoms with E-state index < -0.39 is 12.7 Å². The van der Waals surface area contributed by atoms with Crippen molar-refractivity contribution < 1.29 is 23.1 Å². The number of nitrogens with zero attached hydrogens (tertiary/aromatic N) is 2. The number of benzene rings is 1. The predicted octanol–water partition coefficient (Wildman–Crippen LogP) is 3.09. The fourth-order valence-corrected chi connectivity index (χ4v) is 3.97. The van der Waals surface area contributed by atoms with Gasteiger partial charge in [0.15, 0.2) is 0 Å². The van der Waals surface area contributed by atoms with Crippen LogP contribution in [0, 0.1) is 0 Å². The van der Waals surface area contributed by atoms with Crippen LogP contribution in [0.3, 0.4) is 0 Å². The first-order valence-corrected chi connectivity index (χ1v) is 9.84. The summed E-state index contributed by atoms with van der Waals surface area (Å²) in [5.41, 5.74) is 0.230. The van der Waals surface area contributed by atoms with Crippen LogP contribution in [0.2, 0.25) is 0 Å². The molecule has 1 aromatic rings. The van der Waals surface area contributed by atoms with Crippen LogP contribution in [-0.2, 0) is 9.59 Å². The Balaban J connectivity index is 1.54. The highest BCUT2D eigenvalue weighted by atomic mass is 19.3. The summed E-state index contributed by atoms with van der Waals surface area (Å²) >= 11 is 0. The number of anilines is 1. The minimum atomic E-state index is -2.95. The number of carbonyl (C=O) groups is 2. The fraction of sp³-hybridized carbons (Fsp3) is 0.600. The van der Waals surface area contributed by atoms with Crippen LogP contribution in [0.4, 0.5) is 14.5 Å². The molecule has 0 radical (unpaired) electrons. The molecule has 2 aliphatic rings. The third-order valence-corrected chi connectivity index (χ3v) is 5.59. The number of halogens is 2. The predicted molar refractivity (Wildman–Crippen MR) is 101 cm³/mol. The minimum absolute atomic E-state index is 0.0552. The molecule has 0 bridgehead atoms. The molecule has 8 heteroatoms. The van der Waals surface area contributed by atoms with E-state index >= 15 is 0 Å². The summed E-state index contributed by atoms with van der Waals surface area (Å²) in [6, 6.07) is 6.00. The van der Waals surface area contributed by atoms with Crippen LogP contribution in [0.15, 0.2) is 24.3 Å². The van der Waals surface area contributed by atoms with Gasteiger partial charge in [-0.05, 0) is 44.7 Å². The second-order valence-corrected chi connectivity index (χ2v) is 7.35. The van der Waals surface area contributed by atoms with Gasteiger partial charge in [0.2, 0.25) is 11.8 Å². The largest absolute Gasteiger partial charge is 0.433 e. The maximum absolute atomic E-state index is 12.6. The van der Waals surface area contributed by atoms with Crippen LogP contribution < -0.4 is 10.1 Å². The zero-order valence-corrected chi connectivity index (χ0v) is 16.1. The second kappa shape index (κ2) is 9.32. The molecule has 1 atom stereocenters. The molecule has 6 nitrogen and oxygen atoms in total. The zero-order valence-electron chi connectivity index (χ0n) is 16.1. The van der Waals surface area contributed by atoms with Crippen LogP contribution in [0.25, 0.3) is 0 Å². The molecule has 0 saturated carbocycles. The van der Waals surface area contributed by atoms with Crippen molar-refractivity contribution in [1.29, 1.82) is 0 Å². The number of alkyl halides is 2. The normalized spacial score (nSPS) is 20.3. The number of likely N-dealkylation sites (tertiary alicyclic amines) is 2. The minimum Gasteiger partial charge on any atom is -0.433 e. The van der Waals surface area contributed by atoms with Gasteiger partial charge >= 0.3 is 6.61 Å². The van der Waals surface area contributed by atoms with Crippen molar-refractivity contribution in [2.75, 3.05) is 25.0 Å². The quantitative estimate of drug-likeness (QED) is 0.804. The summed E-state index contributed by atoms with van der Waals surface area (Å²) in [7, 11) is 0. The fourth-order valence-electron chi connectivity index (χ4n) is 3.97. The number of hydrogen-bond donors (Lipinski definition) is 1. The SMILES string of the molecule is CC(C(=O)Nc1ccccc1OC(F)F)N1CCC(N2CCCCC2=O)CC1. The van der Waals surface area contributed by atoms with Gasteiger partial charge in [-0.1, -0.05) is 12.1 Å². The molecule has 3 rings (SSSR count). The molecular formula is C20H27F2N3O3. The summed E-state index contributed by atoms with van der Waals surface area (Å²) in [6.45, 7) is 1.13. The maximum atomic E-state index is 12.6. The Kier molecular flexibility index (Phi) is 6.83. The van der Waals surface area contributed by atoms with Gasteiger partial charge in [0.1, 0.15) is 5.75 Å². The Morgan fingerprint density at radius 2 is 1.89 bits per heavy atom. The van der Waals surface area contributed by atoms with E-state index in [1.165, 1.54) is 12.1 Å². The first-order chi connectivity index (χ1) is 13.5.